The van der Waals surface area contributed by atoms with Crippen LogP contribution in [0.4, 0.5) is 0 Å². The van der Waals surface area contributed by atoms with E-state index in [1.165, 1.54) is 0 Å². The van der Waals surface area contributed by atoms with E-state index in [1.807, 2.05) is 41.3 Å². The van der Waals surface area contributed by atoms with E-state index in [2.05, 4.69) is 5.10 Å². The largest absolute Gasteiger partial charge is 0.487 e. The minimum absolute atomic E-state index is 0.0570. The van der Waals surface area contributed by atoms with Gasteiger partial charge in [-0.1, -0.05) is 18.2 Å². The lowest BCUT2D eigenvalue weighted by molar-refractivity contribution is -0.0445. The summed E-state index contributed by atoms with van der Waals surface area (Å²) in [7, 11) is 0. The topological polar surface area (TPSA) is 56.6 Å². The van der Waals surface area contributed by atoms with Crippen LogP contribution < -0.4 is 4.74 Å². The number of amides is 1. The summed E-state index contributed by atoms with van der Waals surface area (Å²) < 4.78 is 12.7. The van der Waals surface area contributed by atoms with Crippen molar-refractivity contribution in [1.82, 2.24) is 14.7 Å². The molecule has 0 N–H and O–H groups in total. The van der Waals surface area contributed by atoms with Gasteiger partial charge in [-0.3, -0.25) is 9.48 Å². The Balaban J connectivity index is 1.42. The van der Waals surface area contributed by atoms with Gasteiger partial charge in [-0.25, -0.2) is 0 Å². The van der Waals surface area contributed by atoms with Crippen LogP contribution in [0, 0.1) is 5.92 Å². The molecule has 0 aliphatic carbocycles. The highest BCUT2D eigenvalue weighted by atomic mass is 16.5. The number of nitrogens with zero attached hydrogens (tertiary/aromatic N) is 3. The van der Waals surface area contributed by atoms with E-state index in [0.29, 0.717) is 24.8 Å². The second-order valence-electron chi connectivity index (χ2n) is 6.00. The molecule has 1 amide bonds. The van der Waals surface area contributed by atoms with Crippen molar-refractivity contribution < 1.29 is 14.3 Å². The standard InChI is InChI=1S/C17H19N3O3/c21-17-16-8-14(12-23-15-4-2-1-3-5-15)18-20(16)7-6-19(17)9-13-10-22-11-13/h1-5,8,13H,6-7,9-12H2. The fourth-order valence-corrected chi connectivity index (χ4v) is 2.91. The molecule has 0 saturated carbocycles. The summed E-state index contributed by atoms with van der Waals surface area (Å²) >= 11 is 0. The van der Waals surface area contributed by atoms with Gasteiger partial charge in [0, 0.05) is 19.0 Å². The lowest BCUT2D eigenvalue weighted by Gasteiger charge is -2.34. The highest BCUT2D eigenvalue weighted by molar-refractivity contribution is 5.93. The first-order valence-corrected chi connectivity index (χ1v) is 7.91. The van der Waals surface area contributed by atoms with Crippen LogP contribution >= 0.6 is 0 Å². The van der Waals surface area contributed by atoms with Crippen LogP contribution in [0.3, 0.4) is 0 Å². The first kappa shape index (κ1) is 14.3. The van der Waals surface area contributed by atoms with Crippen LogP contribution in [0.1, 0.15) is 16.2 Å². The Morgan fingerprint density at radius 1 is 1.22 bits per heavy atom. The molecule has 6 nitrogen and oxygen atoms in total. The minimum atomic E-state index is 0.0570. The van der Waals surface area contributed by atoms with Gasteiger partial charge < -0.3 is 14.4 Å². The van der Waals surface area contributed by atoms with Gasteiger partial charge in [0.15, 0.2) is 0 Å². The molecule has 0 bridgehead atoms. The van der Waals surface area contributed by atoms with Crippen molar-refractivity contribution in [2.45, 2.75) is 13.2 Å². The molecule has 120 valence electrons. The monoisotopic (exact) mass is 313 g/mol. The highest BCUT2D eigenvalue weighted by Crippen LogP contribution is 2.19. The Kier molecular flexibility index (Phi) is 3.75. The lowest BCUT2D eigenvalue weighted by atomic mass is 10.1. The summed E-state index contributed by atoms with van der Waals surface area (Å²) in [6, 6.07) is 11.5. The van der Waals surface area contributed by atoms with Gasteiger partial charge in [-0.15, -0.1) is 0 Å². The van der Waals surface area contributed by atoms with Gasteiger partial charge in [0.2, 0.25) is 0 Å². The van der Waals surface area contributed by atoms with Crippen LogP contribution in [-0.4, -0.2) is 46.9 Å². The molecule has 6 heteroatoms. The summed E-state index contributed by atoms with van der Waals surface area (Å²) in [5.74, 6) is 1.34. The molecule has 0 spiro atoms. The molecule has 1 fully saturated rings. The number of hydrogen-bond acceptors (Lipinski definition) is 4. The Hall–Kier alpha value is -2.34. The summed E-state index contributed by atoms with van der Waals surface area (Å²) in [6.45, 7) is 4.12. The smallest absolute Gasteiger partial charge is 0.272 e. The third kappa shape index (κ3) is 2.94. The number of benzene rings is 1. The van der Waals surface area contributed by atoms with Gasteiger partial charge in [0.25, 0.3) is 5.91 Å². The fraction of sp³-hybridized carbons (Fsp3) is 0.412. The maximum absolute atomic E-state index is 12.6. The zero-order chi connectivity index (χ0) is 15.6. The van der Waals surface area contributed by atoms with Gasteiger partial charge in [-0.2, -0.15) is 5.10 Å². The quantitative estimate of drug-likeness (QED) is 0.841. The molecule has 0 unspecified atom stereocenters. The third-order valence-electron chi connectivity index (χ3n) is 4.23. The molecule has 0 atom stereocenters. The molecular weight excluding hydrogens is 294 g/mol. The average molecular weight is 313 g/mol. The number of hydrogen-bond donors (Lipinski definition) is 0. The van der Waals surface area contributed by atoms with Crippen molar-refractivity contribution in [2.24, 2.45) is 5.92 Å². The van der Waals surface area contributed by atoms with Crippen molar-refractivity contribution in [2.75, 3.05) is 26.3 Å². The van der Waals surface area contributed by atoms with E-state index in [9.17, 15) is 4.79 Å². The zero-order valence-electron chi connectivity index (χ0n) is 12.9. The van der Waals surface area contributed by atoms with E-state index in [1.54, 1.807) is 4.68 Å². The molecular formula is C17H19N3O3. The van der Waals surface area contributed by atoms with Gasteiger partial charge in [0.1, 0.15) is 23.7 Å². The average Bonchev–Trinajstić information content (AvgIpc) is 2.96. The number of fused-ring (bicyclic) bond motifs is 1. The molecule has 3 heterocycles. The Morgan fingerprint density at radius 3 is 2.78 bits per heavy atom. The first-order chi connectivity index (χ1) is 11.3. The van der Waals surface area contributed by atoms with Crippen LogP contribution in [0.5, 0.6) is 5.75 Å². The first-order valence-electron chi connectivity index (χ1n) is 7.91. The second kappa shape index (κ2) is 6.04. The number of carbonyl (C=O) groups is 1. The molecule has 1 saturated heterocycles. The lowest BCUT2D eigenvalue weighted by Crippen LogP contribution is -2.46. The Labute approximate surface area is 134 Å². The Bertz CT molecular complexity index is 694. The van der Waals surface area contributed by atoms with E-state index in [-0.39, 0.29) is 5.91 Å². The molecule has 2 aliphatic heterocycles. The predicted molar refractivity (Wildman–Crippen MR) is 83.2 cm³/mol. The molecule has 1 aromatic carbocycles. The number of para-hydroxylation sites is 1. The molecule has 2 aliphatic rings. The Morgan fingerprint density at radius 2 is 2.04 bits per heavy atom. The van der Waals surface area contributed by atoms with E-state index >= 15 is 0 Å². The second-order valence-corrected chi connectivity index (χ2v) is 6.00. The van der Waals surface area contributed by atoms with Crippen molar-refractivity contribution in [3.63, 3.8) is 0 Å². The molecule has 2 aromatic rings. The number of aromatic nitrogens is 2. The summed E-state index contributed by atoms with van der Waals surface area (Å²) in [5.41, 5.74) is 1.44. The molecule has 1 aromatic heterocycles. The van der Waals surface area contributed by atoms with E-state index in [4.69, 9.17) is 9.47 Å². The van der Waals surface area contributed by atoms with Crippen LogP contribution in [0.2, 0.25) is 0 Å². The van der Waals surface area contributed by atoms with Crippen LogP contribution in [-0.2, 0) is 17.9 Å². The summed E-state index contributed by atoms with van der Waals surface area (Å²) in [6.07, 6.45) is 0. The SMILES string of the molecule is O=C1c2cc(COc3ccccc3)nn2CCN1CC1COC1. The van der Waals surface area contributed by atoms with Crippen LogP contribution in [0.15, 0.2) is 36.4 Å². The third-order valence-corrected chi connectivity index (χ3v) is 4.23. The van der Waals surface area contributed by atoms with Crippen molar-refractivity contribution in [3.8, 4) is 5.75 Å². The maximum Gasteiger partial charge on any atom is 0.272 e. The maximum atomic E-state index is 12.6. The van der Waals surface area contributed by atoms with E-state index in [0.717, 1.165) is 37.7 Å². The van der Waals surface area contributed by atoms with Gasteiger partial charge >= 0.3 is 0 Å². The summed E-state index contributed by atoms with van der Waals surface area (Å²) in [5, 5.41) is 4.48. The fourth-order valence-electron chi connectivity index (χ4n) is 2.91. The summed E-state index contributed by atoms with van der Waals surface area (Å²) in [4.78, 5) is 14.5. The molecule has 0 radical (unpaired) electrons. The van der Waals surface area contributed by atoms with Gasteiger partial charge in [-0.05, 0) is 18.2 Å². The number of carbonyl (C=O) groups excluding carboxylic acids is 1. The number of ether oxygens (including phenoxy) is 2. The zero-order valence-corrected chi connectivity index (χ0v) is 12.9. The van der Waals surface area contributed by atoms with E-state index < -0.39 is 0 Å². The normalized spacial score (nSPS) is 17.7. The minimum Gasteiger partial charge on any atom is -0.487 e. The van der Waals surface area contributed by atoms with Crippen LogP contribution in [0.25, 0.3) is 0 Å². The van der Waals surface area contributed by atoms with Crippen molar-refractivity contribution in [1.29, 1.82) is 0 Å². The van der Waals surface area contributed by atoms with Gasteiger partial charge in [0.05, 0.1) is 19.8 Å². The highest BCUT2D eigenvalue weighted by Gasteiger charge is 2.30. The van der Waals surface area contributed by atoms with Crippen molar-refractivity contribution in [3.05, 3.63) is 47.8 Å². The predicted octanol–water partition coefficient (Wildman–Crippen LogP) is 1.56. The van der Waals surface area contributed by atoms with Crippen molar-refractivity contribution >= 4 is 5.91 Å². The molecule has 4 rings (SSSR count). The number of rotatable bonds is 5. The molecule has 23 heavy (non-hydrogen) atoms.